The summed E-state index contributed by atoms with van der Waals surface area (Å²) < 4.78 is 5.25. The summed E-state index contributed by atoms with van der Waals surface area (Å²) in [6, 6.07) is 5.56. The van der Waals surface area contributed by atoms with Crippen molar-refractivity contribution < 1.29 is 9.53 Å². The van der Waals surface area contributed by atoms with Gasteiger partial charge in [-0.1, -0.05) is 0 Å². The molecule has 0 bridgehead atoms. The van der Waals surface area contributed by atoms with Crippen LogP contribution < -0.4 is 16.0 Å². The van der Waals surface area contributed by atoms with Crippen LogP contribution >= 0.6 is 0 Å². The number of fused-ring (bicyclic) bond motifs is 2. The van der Waals surface area contributed by atoms with Crippen molar-refractivity contribution in [3.63, 3.8) is 0 Å². The lowest BCUT2D eigenvalue weighted by Gasteiger charge is -2.26. The van der Waals surface area contributed by atoms with E-state index in [1.165, 1.54) is 0 Å². The Bertz CT molecular complexity index is 714. The number of nitrogens with two attached hydrogens (primary N) is 1. The number of hydrazine groups is 1. The number of rotatable bonds is 2. The van der Waals surface area contributed by atoms with Crippen molar-refractivity contribution >= 4 is 16.8 Å². The first kappa shape index (κ1) is 13.8. The second-order valence-electron chi connectivity index (χ2n) is 5.26. The summed E-state index contributed by atoms with van der Waals surface area (Å²) in [5.41, 5.74) is 5.57. The maximum absolute atomic E-state index is 12.3. The minimum Gasteiger partial charge on any atom is -0.497 e. The van der Waals surface area contributed by atoms with E-state index in [-0.39, 0.29) is 5.91 Å². The minimum atomic E-state index is -0.290. The van der Waals surface area contributed by atoms with Crippen molar-refractivity contribution in [1.29, 1.82) is 0 Å². The number of nitrogens with zero attached hydrogens (tertiary/aromatic N) is 2. The Hall–Kier alpha value is -2.18. The summed E-state index contributed by atoms with van der Waals surface area (Å²) in [5.74, 6) is 5.77. The van der Waals surface area contributed by atoms with Gasteiger partial charge in [0.05, 0.1) is 18.2 Å². The van der Waals surface area contributed by atoms with Crippen molar-refractivity contribution in [3.05, 3.63) is 35.0 Å². The fourth-order valence-corrected chi connectivity index (χ4v) is 2.81. The molecule has 1 aromatic heterocycles. The van der Waals surface area contributed by atoms with Gasteiger partial charge in [0.25, 0.3) is 5.91 Å². The molecule has 0 saturated heterocycles. The third-order valence-corrected chi connectivity index (χ3v) is 3.90. The lowest BCUT2D eigenvalue weighted by atomic mass is 9.95. The molecule has 2 aromatic rings. The van der Waals surface area contributed by atoms with E-state index in [1.807, 2.05) is 25.2 Å². The van der Waals surface area contributed by atoms with Gasteiger partial charge in [-0.3, -0.25) is 15.2 Å². The summed E-state index contributed by atoms with van der Waals surface area (Å²) >= 11 is 0. The van der Waals surface area contributed by atoms with Gasteiger partial charge in [0.2, 0.25) is 0 Å². The molecule has 0 atom stereocenters. The molecule has 0 radical (unpaired) electrons. The fourth-order valence-electron chi connectivity index (χ4n) is 2.81. The Balaban J connectivity index is 2.32. The third kappa shape index (κ3) is 2.32. The number of likely N-dealkylation sites (N-methyl/N-ethyl adjacent to an activating group) is 1. The van der Waals surface area contributed by atoms with Crippen molar-refractivity contribution in [3.8, 4) is 5.75 Å². The zero-order valence-electron chi connectivity index (χ0n) is 12.1. The molecule has 6 heteroatoms. The van der Waals surface area contributed by atoms with E-state index >= 15 is 0 Å². The zero-order chi connectivity index (χ0) is 15.0. The van der Waals surface area contributed by atoms with Crippen molar-refractivity contribution in [2.75, 3.05) is 20.7 Å². The molecule has 0 fully saturated rings. The number of benzene rings is 1. The molecule has 0 unspecified atom stereocenters. The molecule has 1 aromatic carbocycles. The second kappa shape index (κ2) is 5.31. The van der Waals surface area contributed by atoms with Gasteiger partial charge in [-0.2, -0.15) is 0 Å². The molecule has 2 heterocycles. The van der Waals surface area contributed by atoms with E-state index in [9.17, 15) is 4.79 Å². The Labute approximate surface area is 122 Å². The number of hydrogen-bond donors (Lipinski definition) is 2. The van der Waals surface area contributed by atoms with E-state index in [4.69, 9.17) is 15.6 Å². The number of amides is 1. The summed E-state index contributed by atoms with van der Waals surface area (Å²) in [6.45, 7) is 1.63. The molecular formula is C15H18N4O2. The van der Waals surface area contributed by atoms with Gasteiger partial charge < -0.3 is 9.64 Å². The molecule has 0 aliphatic carbocycles. The van der Waals surface area contributed by atoms with Gasteiger partial charge in [0, 0.05) is 36.2 Å². The molecular weight excluding hydrogens is 268 g/mol. The van der Waals surface area contributed by atoms with Crippen LogP contribution in [0.1, 0.15) is 21.6 Å². The number of hydrogen-bond acceptors (Lipinski definition) is 5. The minimum absolute atomic E-state index is 0.290. The summed E-state index contributed by atoms with van der Waals surface area (Å²) in [7, 11) is 3.63. The first-order valence-corrected chi connectivity index (χ1v) is 6.83. The maximum atomic E-state index is 12.3. The van der Waals surface area contributed by atoms with E-state index in [0.29, 0.717) is 17.9 Å². The monoisotopic (exact) mass is 286 g/mol. The first-order chi connectivity index (χ1) is 10.1. The lowest BCUT2D eigenvalue weighted by molar-refractivity contribution is 0.0953. The SMILES string of the molecule is COc1ccc2nc3c(c(C(=O)NN)c2c1)CN(C)CC3. The highest BCUT2D eigenvalue weighted by Crippen LogP contribution is 2.30. The normalized spacial score (nSPS) is 14.8. The highest BCUT2D eigenvalue weighted by Gasteiger charge is 2.24. The molecule has 0 spiro atoms. The molecule has 21 heavy (non-hydrogen) atoms. The van der Waals surface area contributed by atoms with Crippen LogP contribution in [0.4, 0.5) is 0 Å². The average Bonchev–Trinajstić information content (AvgIpc) is 2.51. The van der Waals surface area contributed by atoms with Crippen LogP contribution in [0.2, 0.25) is 0 Å². The smallest absolute Gasteiger partial charge is 0.266 e. The van der Waals surface area contributed by atoms with E-state index in [0.717, 1.165) is 35.1 Å². The average molecular weight is 286 g/mol. The van der Waals surface area contributed by atoms with Gasteiger partial charge in [-0.05, 0) is 25.2 Å². The number of carbonyl (C=O) groups is 1. The van der Waals surface area contributed by atoms with Crippen LogP contribution in [0.25, 0.3) is 10.9 Å². The number of nitrogens with one attached hydrogen (secondary N) is 1. The molecule has 110 valence electrons. The number of methoxy groups -OCH3 is 1. The van der Waals surface area contributed by atoms with Gasteiger partial charge in [0.1, 0.15) is 5.75 Å². The first-order valence-electron chi connectivity index (χ1n) is 6.83. The highest BCUT2D eigenvalue weighted by molar-refractivity contribution is 6.07. The topological polar surface area (TPSA) is 80.5 Å². The molecule has 3 N–H and O–H groups in total. The van der Waals surface area contributed by atoms with Crippen molar-refractivity contribution in [1.82, 2.24) is 15.3 Å². The van der Waals surface area contributed by atoms with E-state index in [1.54, 1.807) is 7.11 Å². The number of nitrogen functional groups attached to an aromatic ring is 1. The van der Waals surface area contributed by atoms with Crippen LogP contribution in [0, 0.1) is 0 Å². The van der Waals surface area contributed by atoms with Gasteiger partial charge >= 0.3 is 0 Å². The molecule has 1 aliphatic rings. The highest BCUT2D eigenvalue weighted by atomic mass is 16.5. The van der Waals surface area contributed by atoms with Crippen molar-refractivity contribution in [2.24, 2.45) is 5.84 Å². The van der Waals surface area contributed by atoms with Gasteiger partial charge in [0.15, 0.2) is 0 Å². The predicted octanol–water partition coefficient (Wildman–Crippen LogP) is 0.835. The summed E-state index contributed by atoms with van der Waals surface area (Å²) in [6.07, 6.45) is 0.832. The molecule has 1 aliphatic heterocycles. The molecule has 3 rings (SSSR count). The number of carbonyl (C=O) groups excluding carboxylic acids is 1. The quantitative estimate of drug-likeness (QED) is 0.486. The Kier molecular flexibility index (Phi) is 3.48. The molecule has 1 amide bonds. The Morgan fingerprint density at radius 1 is 1.48 bits per heavy atom. The summed E-state index contributed by atoms with van der Waals surface area (Å²) in [5, 5.41) is 0.770. The number of aromatic nitrogens is 1. The Morgan fingerprint density at radius 2 is 2.29 bits per heavy atom. The van der Waals surface area contributed by atoms with Crippen LogP contribution in [0.5, 0.6) is 5.75 Å². The zero-order valence-corrected chi connectivity index (χ0v) is 12.1. The Morgan fingerprint density at radius 3 is 3.00 bits per heavy atom. The number of pyridine rings is 1. The lowest BCUT2D eigenvalue weighted by Crippen LogP contribution is -2.34. The van der Waals surface area contributed by atoms with Gasteiger partial charge in [-0.25, -0.2) is 5.84 Å². The molecule has 6 nitrogen and oxygen atoms in total. The van der Waals surface area contributed by atoms with Gasteiger partial charge in [-0.15, -0.1) is 0 Å². The van der Waals surface area contributed by atoms with Crippen LogP contribution in [0.15, 0.2) is 18.2 Å². The second-order valence-corrected chi connectivity index (χ2v) is 5.26. The summed E-state index contributed by atoms with van der Waals surface area (Å²) in [4.78, 5) is 19.2. The maximum Gasteiger partial charge on any atom is 0.266 e. The van der Waals surface area contributed by atoms with E-state index in [2.05, 4.69) is 10.3 Å². The molecule has 0 saturated carbocycles. The van der Waals surface area contributed by atoms with Crippen LogP contribution in [-0.2, 0) is 13.0 Å². The van der Waals surface area contributed by atoms with Crippen LogP contribution in [-0.4, -0.2) is 36.5 Å². The predicted molar refractivity (Wildman–Crippen MR) is 80.0 cm³/mol. The fraction of sp³-hybridized carbons (Fsp3) is 0.333. The standard InChI is InChI=1S/C15H18N4O2/c1-19-6-5-13-11(8-19)14(15(20)18-16)10-7-9(21-2)3-4-12(10)17-13/h3-4,7H,5-6,8,16H2,1-2H3,(H,18,20). The third-order valence-electron chi connectivity index (χ3n) is 3.90. The van der Waals surface area contributed by atoms with Crippen LogP contribution in [0.3, 0.4) is 0 Å². The largest absolute Gasteiger partial charge is 0.497 e. The number of ether oxygens (including phenoxy) is 1. The van der Waals surface area contributed by atoms with E-state index < -0.39 is 0 Å². The van der Waals surface area contributed by atoms with Crippen molar-refractivity contribution in [2.45, 2.75) is 13.0 Å².